The van der Waals surface area contributed by atoms with Crippen molar-refractivity contribution >= 4 is 22.7 Å². The molecule has 0 aliphatic carbocycles. The van der Waals surface area contributed by atoms with E-state index >= 15 is 0 Å². The average Bonchev–Trinajstić information content (AvgIpc) is 2.34. The number of amidine groups is 1. The van der Waals surface area contributed by atoms with E-state index in [1.54, 1.807) is 6.20 Å². The van der Waals surface area contributed by atoms with Gasteiger partial charge in [0, 0.05) is 19.3 Å². The maximum Gasteiger partial charge on any atom is 0.153 e. The second kappa shape index (κ2) is 7.98. The summed E-state index contributed by atoms with van der Waals surface area (Å²) >= 11 is 1.49. The van der Waals surface area contributed by atoms with Crippen LogP contribution < -0.4 is 11.1 Å². The van der Waals surface area contributed by atoms with Crippen molar-refractivity contribution in [2.24, 2.45) is 10.7 Å². The molecular formula is C11H18N4S. The number of hydrogen-bond donors (Lipinski definition) is 2. The van der Waals surface area contributed by atoms with E-state index in [1.807, 2.05) is 24.5 Å². The Bertz CT molecular complexity index is 313. The van der Waals surface area contributed by atoms with Crippen LogP contribution in [-0.2, 0) is 0 Å². The number of aliphatic imine (C=N–C) groups is 1. The zero-order valence-electron chi connectivity index (χ0n) is 9.52. The molecular weight excluding hydrogens is 220 g/mol. The highest BCUT2D eigenvalue weighted by Gasteiger charge is 1.91. The molecule has 0 radical (unpaired) electrons. The number of nitrogens with one attached hydrogen (secondary N) is 1. The zero-order chi connectivity index (χ0) is 11.6. The Labute approximate surface area is 101 Å². The summed E-state index contributed by atoms with van der Waals surface area (Å²) in [6.07, 6.45) is 5.83. The third-order valence-corrected chi connectivity index (χ3v) is 2.58. The van der Waals surface area contributed by atoms with Crippen LogP contribution in [0.15, 0.2) is 29.4 Å². The van der Waals surface area contributed by atoms with Crippen LogP contribution in [0.25, 0.3) is 0 Å². The summed E-state index contributed by atoms with van der Waals surface area (Å²) in [7, 11) is 0. The van der Waals surface area contributed by atoms with Gasteiger partial charge in [-0.3, -0.25) is 4.99 Å². The topological polar surface area (TPSA) is 63.3 Å². The summed E-state index contributed by atoms with van der Waals surface area (Å²) in [6.45, 7) is 1.72. The minimum Gasteiger partial charge on any atom is -0.379 e. The van der Waals surface area contributed by atoms with E-state index in [0.29, 0.717) is 5.17 Å². The van der Waals surface area contributed by atoms with Gasteiger partial charge >= 0.3 is 0 Å². The maximum atomic E-state index is 5.57. The van der Waals surface area contributed by atoms with Crippen LogP contribution in [0.3, 0.4) is 0 Å². The molecule has 0 atom stereocenters. The molecule has 1 rings (SSSR count). The van der Waals surface area contributed by atoms with E-state index in [-0.39, 0.29) is 0 Å². The predicted octanol–water partition coefficient (Wildman–Crippen LogP) is 1.95. The molecule has 0 unspecified atom stereocenters. The standard InChI is InChI=1S/C11H18N4S/c1-16-11(12)15-9-5-4-8-14-10-6-2-3-7-13-10/h2-3,6-7H,4-5,8-9H2,1H3,(H2,12,15)(H,13,14). The molecule has 5 heteroatoms. The number of anilines is 1. The van der Waals surface area contributed by atoms with Crippen molar-refractivity contribution in [3.63, 3.8) is 0 Å². The van der Waals surface area contributed by atoms with Gasteiger partial charge in [0.25, 0.3) is 0 Å². The molecule has 1 aromatic rings. The first-order valence-corrected chi connectivity index (χ1v) is 6.54. The number of aromatic nitrogens is 1. The average molecular weight is 238 g/mol. The van der Waals surface area contributed by atoms with E-state index in [2.05, 4.69) is 15.3 Å². The molecule has 1 heterocycles. The number of nitrogens with two attached hydrogens (primary N) is 1. The minimum atomic E-state index is 0.665. The Hall–Kier alpha value is -1.23. The zero-order valence-corrected chi connectivity index (χ0v) is 10.3. The number of rotatable bonds is 6. The maximum absolute atomic E-state index is 5.57. The van der Waals surface area contributed by atoms with Crippen molar-refractivity contribution in [2.75, 3.05) is 24.7 Å². The fourth-order valence-electron chi connectivity index (χ4n) is 1.17. The molecule has 0 aliphatic rings. The van der Waals surface area contributed by atoms with Gasteiger partial charge in [0.2, 0.25) is 0 Å². The Morgan fingerprint density at radius 2 is 2.38 bits per heavy atom. The Balaban J connectivity index is 2.05. The van der Waals surface area contributed by atoms with Gasteiger partial charge in [0.05, 0.1) is 0 Å². The molecule has 0 saturated heterocycles. The Morgan fingerprint density at radius 3 is 3.06 bits per heavy atom. The van der Waals surface area contributed by atoms with Crippen LogP contribution in [-0.4, -0.2) is 29.5 Å². The number of hydrogen-bond acceptors (Lipinski definition) is 4. The fourth-order valence-corrected chi connectivity index (χ4v) is 1.39. The second-order valence-electron chi connectivity index (χ2n) is 3.27. The van der Waals surface area contributed by atoms with Crippen LogP contribution >= 0.6 is 11.8 Å². The van der Waals surface area contributed by atoms with E-state index in [1.165, 1.54) is 11.8 Å². The van der Waals surface area contributed by atoms with Crippen molar-refractivity contribution < 1.29 is 0 Å². The van der Waals surface area contributed by atoms with Crippen molar-refractivity contribution in [3.8, 4) is 0 Å². The van der Waals surface area contributed by atoms with Gasteiger partial charge < -0.3 is 11.1 Å². The third-order valence-electron chi connectivity index (χ3n) is 2.03. The second-order valence-corrected chi connectivity index (χ2v) is 4.10. The van der Waals surface area contributed by atoms with Crippen molar-refractivity contribution in [1.82, 2.24) is 4.98 Å². The van der Waals surface area contributed by atoms with Crippen LogP contribution in [0, 0.1) is 0 Å². The lowest BCUT2D eigenvalue weighted by atomic mass is 10.3. The minimum absolute atomic E-state index is 0.665. The number of thioether (sulfide) groups is 1. The summed E-state index contributed by atoms with van der Waals surface area (Å²) in [6, 6.07) is 5.84. The summed E-state index contributed by atoms with van der Waals surface area (Å²) in [5.74, 6) is 0.926. The van der Waals surface area contributed by atoms with Gasteiger partial charge in [-0.15, -0.1) is 0 Å². The smallest absolute Gasteiger partial charge is 0.153 e. The van der Waals surface area contributed by atoms with Crippen LogP contribution in [0.5, 0.6) is 0 Å². The largest absolute Gasteiger partial charge is 0.379 e. The number of nitrogens with zero attached hydrogens (tertiary/aromatic N) is 2. The van der Waals surface area contributed by atoms with Crippen molar-refractivity contribution in [3.05, 3.63) is 24.4 Å². The van der Waals surface area contributed by atoms with Gasteiger partial charge in [-0.25, -0.2) is 4.98 Å². The Morgan fingerprint density at radius 1 is 1.50 bits per heavy atom. The van der Waals surface area contributed by atoms with E-state index in [9.17, 15) is 0 Å². The van der Waals surface area contributed by atoms with Gasteiger partial charge in [-0.2, -0.15) is 0 Å². The lowest BCUT2D eigenvalue weighted by Crippen LogP contribution is -2.07. The first kappa shape index (κ1) is 12.8. The first-order chi connectivity index (χ1) is 7.83. The highest BCUT2D eigenvalue weighted by Crippen LogP contribution is 2.00. The molecule has 3 N–H and O–H groups in total. The molecule has 0 spiro atoms. The molecule has 0 bridgehead atoms. The van der Waals surface area contributed by atoms with Gasteiger partial charge in [0.1, 0.15) is 5.82 Å². The fraction of sp³-hybridized carbons (Fsp3) is 0.455. The van der Waals surface area contributed by atoms with E-state index in [0.717, 1.165) is 31.7 Å². The number of pyridine rings is 1. The lowest BCUT2D eigenvalue weighted by molar-refractivity contribution is 0.774. The van der Waals surface area contributed by atoms with Crippen molar-refractivity contribution in [1.29, 1.82) is 0 Å². The normalized spacial score (nSPS) is 11.4. The molecule has 0 fully saturated rings. The van der Waals surface area contributed by atoms with Crippen LogP contribution in [0.2, 0.25) is 0 Å². The summed E-state index contributed by atoms with van der Waals surface area (Å²) < 4.78 is 0. The van der Waals surface area contributed by atoms with E-state index in [4.69, 9.17) is 5.73 Å². The SMILES string of the molecule is CSC(N)=NCCCCNc1ccccn1. The van der Waals surface area contributed by atoms with Gasteiger partial charge in [-0.05, 0) is 31.2 Å². The van der Waals surface area contributed by atoms with Crippen molar-refractivity contribution in [2.45, 2.75) is 12.8 Å². The summed E-state index contributed by atoms with van der Waals surface area (Å²) in [5, 5.41) is 3.92. The van der Waals surface area contributed by atoms with Gasteiger partial charge in [-0.1, -0.05) is 17.8 Å². The molecule has 1 aromatic heterocycles. The quantitative estimate of drug-likeness (QED) is 0.452. The molecule has 0 amide bonds. The van der Waals surface area contributed by atoms with Crippen LogP contribution in [0.4, 0.5) is 5.82 Å². The summed E-state index contributed by atoms with van der Waals surface area (Å²) in [4.78, 5) is 8.38. The summed E-state index contributed by atoms with van der Waals surface area (Å²) in [5.41, 5.74) is 5.57. The third kappa shape index (κ3) is 5.60. The number of unbranched alkanes of at least 4 members (excludes halogenated alkanes) is 1. The first-order valence-electron chi connectivity index (χ1n) is 5.31. The lowest BCUT2D eigenvalue weighted by Gasteiger charge is -2.03. The van der Waals surface area contributed by atoms with E-state index < -0.39 is 0 Å². The molecule has 16 heavy (non-hydrogen) atoms. The molecule has 4 nitrogen and oxygen atoms in total. The molecule has 0 saturated carbocycles. The predicted molar refractivity (Wildman–Crippen MR) is 72.0 cm³/mol. The highest BCUT2D eigenvalue weighted by molar-refractivity contribution is 8.13. The van der Waals surface area contributed by atoms with Crippen LogP contribution in [0.1, 0.15) is 12.8 Å². The molecule has 0 aliphatic heterocycles. The van der Waals surface area contributed by atoms with Gasteiger partial charge in [0.15, 0.2) is 5.17 Å². The molecule has 0 aromatic carbocycles. The molecule has 88 valence electrons. The Kier molecular flexibility index (Phi) is 6.41. The highest BCUT2D eigenvalue weighted by atomic mass is 32.2. The monoisotopic (exact) mass is 238 g/mol.